The fourth-order valence-electron chi connectivity index (χ4n) is 4.08. The van der Waals surface area contributed by atoms with E-state index in [2.05, 4.69) is 24.3 Å². The van der Waals surface area contributed by atoms with Crippen molar-refractivity contribution in [3.63, 3.8) is 0 Å². The smallest absolute Gasteiger partial charge is 0.333 e. The van der Waals surface area contributed by atoms with Crippen LogP contribution in [0.15, 0.2) is 72.8 Å². The normalized spacial score (nSPS) is 14.0. The minimum Gasteiger partial charge on any atom is -0.496 e. The largest absolute Gasteiger partial charge is 0.496 e. The number of rotatable bonds is 9. The van der Waals surface area contributed by atoms with Gasteiger partial charge in [0.05, 0.1) is 7.11 Å². The van der Waals surface area contributed by atoms with E-state index in [-0.39, 0.29) is 0 Å². The third kappa shape index (κ3) is 4.39. The fraction of sp³-hybridized carbons (Fsp3) is 0.222. The third-order valence-electron chi connectivity index (χ3n) is 5.55. The number of ether oxygens (including phenoxy) is 3. The van der Waals surface area contributed by atoms with Crippen molar-refractivity contribution < 1.29 is 24.1 Å². The number of benzene rings is 3. The van der Waals surface area contributed by atoms with Crippen LogP contribution < -0.4 is 9.47 Å². The Morgan fingerprint density at radius 1 is 0.969 bits per heavy atom. The highest BCUT2D eigenvalue weighted by Gasteiger charge is 2.25. The Labute approximate surface area is 187 Å². The lowest BCUT2D eigenvalue weighted by atomic mass is 10.0. The van der Waals surface area contributed by atoms with Crippen molar-refractivity contribution in [1.29, 1.82) is 0 Å². The maximum atomic E-state index is 11.3. The first-order chi connectivity index (χ1) is 15.6. The van der Waals surface area contributed by atoms with Crippen molar-refractivity contribution >= 4 is 11.5 Å². The molecule has 0 radical (unpaired) electrons. The van der Waals surface area contributed by atoms with E-state index in [1.54, 1.807) is 14.0 Å². The summed E-state index contributed by atoms with van der Waals surface area (Å²) in [6.45, 7) is 2.57. The van der Waals surface area contributed by atoms with Crippen molar-refractivity contribution in [3.05, 3.63) is 89.5 Å². The van der Waals surface area contributed by atoms with Crippen LogP contribution in [0.2, 0.25) is 0 Å². The molecule has 32 heavy (non-hydrogen) atoms. The molecule has 0 aliphatic heterocycles. The van der Waals surface area contributed by atoms with Gasteiger partial charge in [0.2, 0.25) is 0 Å². The average Bonchev–Trinajstić information content (AvgIpc) is 3.14. The highest BCUT2D eigenvalue weighted by atomic mass is 16.5. The molecular formula is C27H26O5. The Morgan fingerprint density at radius 3 is 2.38 bits per heavy atom. The summed E-state index contributed by atoms with van der Waals surface area (Å²) in [5, 5.41) is 9.25. The van der Waals surface area contributed by atoms with Crippen molar-refractivity contribution in [2.75, 3.05) is 20.3 Å². The first-order valence-electron chi connectivity index (χ1n) is 10.7. The Balaban J connectivity index is 1.49. The molecule has 164 valence electrons. The summed E-state index contributed by atoms with van der Waals surface area (Å²) >= 11 is 0. The highest BCUT2D eigenvalue weighted by Crippen LogP contribution is 2.48. The second-order valence-electron chi connectivity index (χ2n) is 7.49. The lowest BCUT2D eigenvalue weighted by Crippen LogP contribution is -2.26. The van der Waals surface area contributed by atoms with Crippen LogP contribution in [0, 0.1) is 0 Å². The lowest BCUT2D eigenvalue weighted by molar-refractivity contribution is -0.149. The summed E-state index contributed by atoms with van der Waals surface area (Å²) in [5.41, 5.74) is 6.61. The van der Waals surface area contributed by atoms with Crippen LogP contribution in [0.3, 0.4) is 0 Å². The predicted octanol–water partition coefficient (Wildman–Crippen LogP) is 5.22. The SMILES string of the molecule is CCOC(Cc1ccc(OCC=C2c3ccccc3-c3c(OC)cccc32)cc1)C(=O)O. The van der Waals surface area contributed by atoms with Gasteiger partial charge in [0.15, 0.2) is 6.10 Å². The van der Waals surface area contributed by atoms with Crippen molar-refractivity contribution in [1.82, 2.24) is 0 Å². The van der Waals surface area contributed by atoms with E-state index in [1.165, 1.54) is 5.56 Å². The van der Waals surface area contributed by atoms with Gasteiger partial charge in [-0.3, -0.25) is 0 Å². The molecule has 1 aliphatic carbocycles. The second kappa shape index (κ2) is 9.71. The lowest BCUT2D eigenvalue weighted by Gasteiger charge is -2.12. The van der Waals surface area contributed by atoms with Gasteiger partial charge in [-0.2, -0.15) is 0 Å². The second-order valence-corrected chi connectivity index (χ2v) is 7.49. The number of carbonyl (C=O) groups is 1. The molecule has 4 rings (SSSR count). The monoisotopic (exact) mass is 430 g/mol. The van der Waals surface area contributed by atoms with Crippen LogP contribution in [0.25, 0.3) is 16.7 Å². The van der Waals surface area contributed by atoms with E-state index in [0.717, 1.165) is 39.3 Å². The van der Waals surface area contributed by atoms with Crippen molar-refractivity contribution in [2.24, 2.45) is 0 Å². The van der Waals surface area contributed by atoms with E-state index in [9.17, 15) is 9.90 Å². The van der Waals surface area contributed by atoms with Crippen LogP contribution in [0.5, 0.6) is 11.5 Å². The maximum Gasteiger partial charge on any atom is 0.333 e. The molecule has 0 saturated heterocycles. The summed E-state index contributed by atoms with van der Waals surface area (Å²) in [6, 6.07) is 21.9. The molecule has 1 N–H and O–H groups in total. The minimum atomic E-state index is -0.951. The molecular weight excluding hydrogens is 404 g/mol. The van der Waals surface area contributed by atoms with Gasteiger partial charge in [-0.05, 0) is 59.0 Å². The Morgan fingerprint density at radius 2 is 1.69 bits per heavy atom. The van der Waals surface area contributed by atoms with Crippen molar-refractivity contribution in [3.8, 4) is 22.6 Å². The summed E-state index contributed by atoms with van der Waals surface area (Å²) in [6.07, 6.45) is 1.58. The van der Waals surface area contributed by atoms with Crippen molar-refractivity contribution in [2.45, 2.75) is 19.4 Å². The third-order valence-corrected chi connectivity index (χ3v) is 5.55. The summed E-state index contributed by atoms with van der Waals surface area (Å²) in [7, 11) is 1.69. The van der Waals surface area contributed by atoms with Gasteiger partial charge < -0.3 is 19.3 Å². The van der Waals surface area contributed by atoms with Gasteiger partial charge in [0, 0.05) is 18.6 Å². The molecule has 0 amide bonds. The molecule has 0 spiro atoms. The zero-order valence-corrected chi connectivity index (χ0v) is 18.2. The number of hydrogen-bond acceptors (Lipinski definition) is 4. The summed E-state index contributed by atoms with van der Waals surface area (Å²) in [4.78, 5) is 11.3. The molecule has 3 aromatic carbocycles. The van der Waals surface area contributed by atoms with Crippen LogP contribution in [-0.4, -0.2) is 37.5 Å². The van der Waals surface area contributed by atoms with E-state index in [1.807, 2.05) is 48.5 Å². The van der Waals surface area contributed by atoms with E-state index < -0.39 is 12.1 Å². The van der Waals surface area contributed by atoms with Gasteiger partial charge >= 0.3 is 5.97 Å². The van der Waals surface area contributed by atoms with Gasteiger partial charge in [-0.15, -0.1) is 0 Å². The molecule has 5 nitrogen and oxygen atoms in total. The topological polar surface area (TPSA) is 65.0 Å². The van der Waals surface area contributed by atoms with Crippen LogP contribution >= 0.6 is 0 Å². The van der Waals surface area contributed by atoms with Crippen LogP contribution in [0.4, 0.5) is 0 Å². The summed E-state index contributed by atoms with van der Waals surface area (Å²) in [5.74, 6) is 0.639. The van der Waals surface area contributed by atoms with E-state index in [4.69, 9.17) is 14.2 Å². The molecule has 1 atom stereocenters. The highest BCUT2D eigenvalue weighted by molar-refractivity contribution is 6.03. The number of methoxy groups -OCH3 is 1. The molecule has 0 heterocycles. The number of fused-ring (bicyclic) bond motifs is 3. The molecule has 1 aliphatic rings. The fourth-order valence-corrected chi connectivity index (χ4v) is 4.08. The van der Waals surface area contributed by atoms with Gasteiger partial charge in [-0.1, -0.05) is 48.5 Å². The summed E-state index contributed by atoms with van der Waals surface area (Å²) < 4.78 is 16.8. The van der Waals surface area contributed by atoms with Crippen LogP contribution in [0.1, 0.15) is 23.6 Å². The van der Waals surface area contributed by atoms with E-state index >= 15 is 0 Å². The quantitative estimate of drug-likeness (QED) is 0.394. The average molecular weight is 431 g/mol. The number of carboxylic acids is 1. The van der Waals surface area contributed by atoms with Gasteiger partial charge in [0.1, 0.15) is 18.1 Å². The molecule has 5 heteroatoms. The molecule has 0 bridgehead atoms. The van der Waals surface area contributed by atoms with Crippen LogP contribution in [-0.2, 0) is 16.0 Å². The number of hydrogen-bond donors (Lipinski definition) is 1. The molecule has 1 unspecified atom stereocenters. The van der Waals surface area contributed by atoms with Gasteiger partial charge in [0.25, 0.3) is 0 Å². The Kier molecular flexibility index (Phi) is 6.57. The zero-order chi connectivity index (χ0) is 22.5. The number of carboxylic acid groups (broad SMARTS) is 1. The first-order valence-corrected chi connectivity index (χ1v) is 10.7. The first kappa shape index (κ1) is 21.7. The molecule has 0 fully saturated rings. The van der Waals surface area contributed by atoms with Gasteiger partial charge in [-0.25, -0.2) is 4.79 Å². The molecule has 0 aromatic heterocycles. The zero-order valence-electron chi connectivity index (χ0n) is 18.2. The molecule has 0 saturated carbocycles. The Bertz CT molecular complexity index is 1130. The predicted molar refractivity (Wildman–Crippen MR) is 124 cm³/mol. The van der Waals surface area contributed by atoms with E-state index in [0.29, 0.717) is 19.6 Å². The standard InChI is InChI=1S/C27H26O5/c1-3-31-25(27(28)29)17-18-11-13-19(14-12-18)32-16-15-21-20-7-4-5-8-22(20)26-23(21)9-6-10-24(26)30-2/h4-15,25H,3,16-17H2,1-2H3,(H,28,29). The Hall–Kier alpha value is -3.57. The number of aliphatic carboxylic acids is 1. The molecule has 3 aromatic rings. The maximum absolute atomic E-state index is 11.3. The minimum absolute atomic E-state index is 0.322.